The van der Waals surface area contributed by atoms with Gasteiger partial charge in [0.25, 0.3) is 0 Å². The van der Waals surface area contributed by atoms with Crippen molar-refractivity contribution in [1.29, 1.82) is 0 Å². The Hall–Kier alpha value is -3.19. The van der Waals surface area contributed by atoms with Gasteiger partial charge in [-0.05, 0) is 60.6 Å². The van der Waals surface area contributed by atoms with Gasteiger partial charge in [-0.15, -0.1) is 0 Å². The molecule has 0 fully saturated rings. The molecule has 3 aromatic rings. The normalized spacial score (nSPS) is 13.8. The zero-order valence-corrected chi connectivity index (χ0v) is 23.3. The topological polar surface area (TPSA) is 78.9 Å². The summed E-state index contributed by atoms with van der Waals surface area (Å²) in [6.45, 7) is 4.84. The molecule has 0 aliphatic rings. The van der Waals surface area contributed by atoms with Gasteiger partial charge in [-0.25, -0.2) is 8.42 Å². The lowest BCUT2D eigenvalue weighted by molar-refractivity contribution is -0.191. The van der Waals surface area contributed by atoms with Crippen molar-refractivity contribution >= 4 is 26.4 Å². The Balaban J connectivity index is 2.00. The Bertz CT molecular complexity index is 1310. The molecule has 0 bridgehead atoms. The van der Waals surface area contributed by atoms with E-state index in [1.54, 1.807) is 54.6 Å². The molecule has 0 saturated carbocycles. The number of benzene rings is 3. The van der Waals surface area contributed by atoms with Gasteiger partial charge in [0.2, 0.25) is 0 Å². The van der Waals surface area contributed by atoms with E-state index >= 15 is 8.78 Å². The van der Waals surface area contributed by atoms with Crippen molar-refractivity contribution in [3.63, 3.8) is 0 Å². The number of carbonyl (C=O) groups is 1. The van der Waals surface area contributed by atoms with E-state index in [1.165, 1.54) is 50.2 Å². The molecule has 0 saturated heterocycles. The fraction of sp³-hybridized carbons (Fsp3) is 0.250. The lowest BCUT2D eigenvalue weighted by Gasteiger charge is -2.40. The van der Waals surface area contributed by atoms with Crippen molar-refractivity contribution in [2.75, 3.05) is 6.61 Å². The number of halogens is 4. The van der Waals surface area contributed by atoms with E-state index in [-0.39, 0.29) is 20.3 Å². The number of hydrogen-bond donors (Lipinski definition) is 0. The van der Waals surface area contributed by atoms with Crippen LogP contribution in [0.25, 0.3) is 0 Å². The molecule has 1 unspecified atom stereocenters. The molecule has 6 nitrogen and oxygen atoms in total. The number of esters is 1. The van der Waals surface area contributed by atoms with Crippen molar-refractivity contribution in [2.45, 2.75) is 52.4 Å². The smallest absolute Gasteiger partial charge is 0.432 e. The van der Waals surface area contributed by atoms with Crippen molar-refractivity contribution < 1.29 is 43.9 Å². The summed E-state index contributed by atoms with van der Waals surface area (Å²) >= 11 is 0. The summed E-state index contributed by atoms with van der Waals surface area (Å²) < 4.78 is 102. The minimum absolute atomic E-state index is 0.0109. The van der Waals surface area contributed by atoms with E-state index in [2.05, 4.69) is 6.58 Å². The number of carbonyl (C=O) groups excluding carboxylic acids is 1. The van der Waals surface area contributed by atoms with Crippen LogP contribution in [0.15, 0.2) is 118 Å². The summed E-state index contributed by atoms with van der Waals surface area (Å²) in [6.07, 6.45) is -3.07. The van der Waals surface area contributed by atoms with Crippen LogP contribution in [-0.4, -0.2) is 38.5 Å². The minimum Gasteiger partial charge on any atom is -0.433 e. The molecule has 0 aliphatic carbocycles. The highest BCUT2D eigenvalue weighted by molar-refractivity contribution is 8.33. The highest BCUT2D eigenvalue weighted by Gasteiger charge is 2.67. The van der Waals surface area contributed by atoms with E-state index < -0.39 is 56.9 Å². The van der Waals surface area contributed by atoms with E-state index in [0.717, 1.165) is 0 Å². The van der Waals surface area contributed by atoms with Crippen LogP contribution >= 0.6 is 10.3 Å². The van der Waals surface area contributed by atoms with Gasteiger partial charge in [-0.1, -0.05) is 61.2 Å². The summed E-state index contributed by atoms with van der Waals surface area (Å²) in [7, 11) is -9.79. The molecule has 0 N–H and O–H groups in total. The summed E-state index contributed by atoms with van der Waals surface area (Å²) in [5.74, 6) is -5.98. The van der Waals surface area contributed by atoms with Crippen LogP contribution in [0.2, 0.25) is 0 Å². The maximum Gasteiger partial charge on any atom is 0.432 e. The Kier molecular flexibility index (Phi) is 9.83. The van der Waals surface area contributed by atoms with Crippen molar-refractivity contribution in [2.24, 2.45) is 0 Å². The Morgan fingerprint density at radius 3 is 1.60 bits per heavy atom. The van der Waals surface area contributed by atoms with Crippen molar-refractivity contribution in [3.05, 3.63) is 103 Å². The largest absolute Gasteiger partial charge is 0.433 e. The van der Waals surface area contributed by atoms with Gasteiger partial charge in [-0.2, -0.15) is 26.0 Å². The van der Waals surface area contributed by atoms with E-state index in [9.17, 15) is 22.0 Å². The van der Waals surface area contributed by atoms with Gasteiger partial charge in [-0.3, -0.25) is 0 Å². The summed E-state index contributed by atoms with van der Waals surface area (Å²) in [6, 6.07) is 23.2. The predicted molar refractivity (Wildman–Crippen MR) is 143 cm³/mol. The first kappa shape index (κ1) is 31.3. The molecule has 3 aromatic carbocycles. The van der Waals surface area contributed by atoms with Crippen LogP contribution in [0.1, 0.15) is 20.3 Å². The Morgan fingerprint density at radius 1 is 0.825 bits per heavy atom. The van der Waals surface area contributed by atoms with Gasteiger partial charge in [0.1, 0.15) is 0 Å². The van der Waals surface area contributed by atoms with Crippen LogP contribution in [-0.2, 0) is 28.0 Å². The Labute approximate surface area is 232 Å². The number of alkyl halides is 4. The van der Waals surface area contributed by atoms with Gasteiger partial charge >= 0.3 is 27.3 Å². The lowest BCUT2D eigenvalue weighted by atomic mass is 10.2. The van der Waals surface area contributed by atoms with Gasteiger partial charge in [0.05, 0.1) is 6.61 Å². The lowest BCUT2D eigenvalue weighted by Crippen LogP contribution is -2.48. The van der Waals surface area contributed by atoms with Crippen LogP contribution in [0.3, 0.4) is 0 Å². The zero-order chi connectivity index (χ0) is 29.6. The zero-order valence-electron chi connectivity index (χ0n) is 21.6. The fourth-order valence-corrected chi connectivity index (χ4v) is 8.77. The summed E-state index contributed by atoms with van der Waals surface area (Å²) in [5.41, 5.74) is 0.0109. The third-order valence-corrected chi connectivity index (χ3v) is 10.8. The third kappa shape index (κ3) is 6.57. The van der Waals surface area contributed by atoms with E-state index in [4.69, 9.17) is 13.1 Å². The van der Waals surface area contributed by atoms with Crippen LogP contribution < -0.4 is 0 Å². The molecule has 0 aliphatic heterocycles. The first-order valence-corrected chi connectivity index (χ1v) is 14.9. The highest BCUT2D eigenvalue weighted by atomic mass is 32.3. The molecule has 0 heterocycles. The maximum absolute atomic E-state index is 15.3. The molecule has 0 radical (unpaired) electrons. The molecule has 3 rings (SSSR count). The maximum atomic E-state index is 15.3. The molecule has 0 spiro atoms. The van der Waals surface area contributed by atoms with Crippen molar-refractivity contribution in [1.82, 2.24) is 0 Å². The third-order valence-electron chi connectivity index (χ3n) is 5.55. The van der Waals surface area contributed by atoms with Crippen LogP contribution in [0, 0.1) is 0 Å². The minimum atomic E-state index is -6.30. The molecule has 0 amide bonds. The predicted octanol–water partition coefficient (Wildman–Crippen LogP) is 7.33. The average Bonchev–Trinajstić information content (AvgIpc) is 2.92. The molecular weight excluding hydrogens is 572 g/mol. The quantitative estimate of drug-likeness (QED) is 0.0885. The van der Waals surface area contributed by atoms with Gasteiger partial charge in [0, 0.05) is 26.7 Å². The first-order valence-electron chi connectivity index (χ1n) is 11.9. The molecule has 12 heteroatoms. The van der Waals surface area contributed by atoms with Gasteiger partial charge in [0.15, 0.2) is 6.29 Å². The SMILES string of the molecule is C=C(C)C(=O)OC(C)OCCC(F)(F)C(F)(F)S(=O)(=O)OS(c1ccccc1)(c1ccccc1)c1ccccc1. The van der Waals surface area contributed by atoms with E-state index in [0.29, 0.717) is 0 Å². The fourth-order valence-electron chi connectivity index (χ4n) is 3.51. The van der Waals surface area contributed by atoms with Crippen LogP contribution in [0.4, 0.5) is 17.6 Å². The summed E-state index contributed by atoms with van der Waals surface area (Å²) in [4.78, 5) is 12.1. The molecular formula is C28H28F4O6S2. The first-order chi connectivity index (χ1) is 18.7. The second-order valence-corrected chi connectivity index (χ2v) is 13.1. The van der Waals surface area contributed by atoms with E-state index in [1.807, 2.05) is 0 Å². The summed E-state index contributed by atoms with van der Waals surface area (Å²) in [5, 5.41) is -5.66. The molecule has 216 valence electrons. The van der Waals surface area contributed by atoms with Crippen molar-refractivity contribution in [3.8, 4) is 0 Å². The second kappa shape index (κ2) is 12.5. The number of ether oxygens (including phenoxy) is 2. The van der Waals surface area contributed by atoms with Crippen LogP contribution in [0.5, 0.6) is 0 Å². The standard InChI is InChI=1S/C28H28F4O6S2/c1-21(2)26(33)37-22(3)36-20-19-27(29,30)28(31,32)40(34,35)38-39(23-13-7-4-8-14-23,24-15-9-5-10-16-24)25-17-11-6-12-18-25/h4-18,22H,1,19-20H2,2-3H3. The number of rotatable bonds is 13. The highest BCUT2D eigenvalue weighted by Crippen LogP contribution is 2.70. The average molecular weight is 601 g/mol. The second-order valence-electron chi connectivity index (χ2n) is 8.61. The molecule has 40 heavy (non-hydrogen) atoms. The molecule has 1 atom stereocenters. The molecule has 0 aromatic heterocycles. The number of hydrogen-bond acceptors (Lipinski definition) is 6. The Morgan fingerprint density at radius 2 is 1.23 bits per heavy atom. The van der Waals surface area contributed by atoms with Gasteiger partial charge < -0.3 is 9.47 Å². The monoisotopic (exact) mass is 600 g/mol.